The Morgan fingerprint density at radius 1 is 1.16 bits per heavy atom. The predicted octanol–water partition coefficient (Wildman–Crippen LogP) is 2.68. The molecule has 5 nitrogen and oxygen atoms in total. The van der Waals surface area contributed by atoms with Crippen LogP contribution in [0.5, 0.6) is 0 Å². The van der Waals surface area contributed by atoms with Crippen molar-refractivity contribution in [2.75, 3.05) is 13.1 Å². The maximum absolute atomic E-state index is 9.73. The van der Waals surface area contributed by atoms with Crippen LogP contribution in [0.3, 0.4) is 0 Å². The molecule has 1 saturated heterocycles. The van der Waals surface area contributed by atoms with E-state index in [4.69, 9.17) is 0 Å². The summed E-state index contributed by atoms with van der Waals surface area (Å²) in [6, 6.07) is 12.1. The van der Waals surface area contributed by atoms with Crippen molar-refractivity contribution in [2.24, 2.45) is 0 Å². The Balaban J connectivity index is 1.75. The Labute approximate surface area is 146 Å². The molecule has 1 aromatic carbocycles. The minimum Gasteiger partial charge on any atom is -0.393 e. The molecule has 1 aliphatic rings. The lowest BCUT2D eigenvalue weighted by Crippen LogP contribution is -2.35. The summed E-state index contributed by atoms with van der Waals surface area (Å²) in [6.45, 7) is 2.65. The van der Waals surface area contributed by atoms with Crippen LogP contribution < -0.4 is 0 Å². The summed E-state index contributed by atoms with van der Waals surface area (Å²) in [5.41, 5.74) is 5.18. The van der Waals surface area contributed by atoms with Gasteiger partial charge < -0.3 is 15.2 Å². The molecule has 0 bridgehead atoms. The van der Waals surface area contributed by atoms with Crippen molar-refractivity contribution < 1.29 is 10.2 Å². The number of hydrogen-bond donors (Lipinski definition) is 3. The number of likely N-dealkylation sites (tertiary alicyclic amines) is 1. The molecule has 2 aromatic heterocycles. The van der Waals surface area contributed by atoms with E-state index in [9.17, 15) is 10.2 Å². The summed E-state index contributed by atoms with van der Waals surface area (Å²) in [4.78, 5) is 10.3. The normalized spacial score (nSPS) is 16.6. The Morgan fingerprint density at radius 2 is 2.00 bits per heavy atom. The number of aliphatic hydroxyl groups excluding tert-OH is 2. The monoisotopic (exact) mass is 337 g/mol. The zero-order chi connectivity index (χ0) is 17.2. The molecule has 130 valence electrons. The van der Waals surface area contributed by atoms with Crippen LogP contribution in [-0.4, -0.2) is 44.3 Å². The van der Waals surface area contributed by atoms with E-state index in [1.54, 1.807) is 6.20 Å². The van der Waals surface area contributed by atoms with E-state index in [2.05, 4.69) is 27.0 Å². The second kappa shape index (κ2) is 6.96. The first kappa shape index (κ1) is 16.3. The van der Waals surface area contributed by atoms with Crippen molar-refractivity contribution in [2.45, 2.75) is 32.1 Å². The van der Waals surface area contributed by atoms with Crippen molar-refractivity contribution in [3.05, 3.63) is 53.9 Å². The summed E-state index contributed by atoms with van der Waals surface area (Å²) >= 11 is 0. The number of piperidine rings is 1. The molecular formula is C20H23N3O2. The average molecular weight is 337 g/mol. The van der Waals surface area contributed by atoms with Crippen molar-refractivity contribution in [3.63, 3.8) is 0 Å². The molecule has 5 heteroatoms. The second-order valence-electron chi connectivity index (χ2n) is 6.74. The standard InChI is InChI=1S/C20H23N3O2/c24-13-14-3-1-4-15(11-14)19-17-5-2-8-21-20(17)22-18(19)12-23-9-6-16(25)7-10-23/h1-5,8,11,16,24-25H,6-7,9-10,12-13H2,(H,21,22). The lowest BCUT2D eigenvalue weighted by Gasteiger charge is -2.29. The third-order valence-electron chi connectivity index (χ3n) is 4.99. The van der Waals surface area contributed by atoms with E-state index < -0.39 is 0 Å². The number of H-pyrrole nitrogens is 1. The molecule has 0 aliphatic carbocycles. The van der Waals surface area contributed by atoms with Crippen molar-refractivity contribution in [1.29, 1.82) is 0 Å². The first-order valence-electron chi connectivity index (χ1n) is 8.81. The topological polar surface area (TPSA) is 72.4 Å². The van der Waals surface area contributed by atoms with Crippen LogP contribution in [0.15, 0.2) is 42.6 Å². The highest BCUT2D eigenvalue weighted by atomic mass is 16.3. The number of aromatic amines is 1. The smallest absolute Gasteiger partial charge is 0.138 e. The summed E-state index contributed by atoms with van der Waals surface area (Å²) in [7, 11) is 0. The van der Waals surface area contributed by atoms with Gasteiger partial charge in [-0.1, -0.05) is 18.2 Å². The minimum absolute atomic E-state index is 0.0355. The molecule has 25 heavy (non-hydrogen) atoms. The molecule has 3 N–H and O–H groups in total. The number of pyridine rings is 1. The van der Waals surface area contributed by atoms with Gasteiger partial charge in [0, 0.05) is 42.5 Å². The molecule has 3 aromatic rings. The molecule has 0 unspecified atom stereocenters. The van der Waals surface area contributed by atoms with Gasteiger partial charge in [0.15, 0.2) is 0 Å². The van der Waals surface area contributed by atoms with Gasteiger partial charge >= 0.3 is 0 Å². The van der Waals surface area contributed by atoms with Crippen LogP contribution in [0.4, 0.5) is 0 Å². The largest absolute Gasteiger partial charge is 0.393 e. The lowest BCUT2D eigenvalue weighted by atomic mass is 10.00. The van der Waals surface area contributed by atoms with Gasteiger partial charge in [-0.15, -0.1) is 0 Å². The molecule has 0 amide bonds. The molecule has 0 saturated carbocycles. The molecule has 0 atom stereocenters. The van der Waals surface area contributed by atoms with E-state index in [0.29, 0.717) is 0 Å². The van der Waals surface area contributed by atoms with Crippen LogP contribution in [0, 0.1) is 0 Å². The third-order valence-corrected chi connectivity index (χ3v) is 4.99. The number of fused-ring (bicyclic) bond motifs is 1. The summed E-state index contributed by atoms with van der Waals surface area (Å²) < 4.78 is 0. The number of hydrogen-bond acceptors (Lipinski definition) is 4. The van der Waals surface area contributed by atoms with Crippen LogP contribution >= 0.6 is 0 Å². The number of aliphatic hydroxyl groups is 2. The van der Waals surface area contributed by atoms with Gasteiger partial charge in [0.1, 0.15) is 5.65 Å². The second-order valence-corrected chi connectivity index (χ2v) is 6.74. The van der Waals surface area contributed by atoms with Crippen molar-refractivity contribution in [3.8, 4) is 11.1 Å². The van der Waals surface area contributed by atoms with Crippen LogP contribution in [-0.2, 0) is 13.2 Å². The SMILES string of the molecule is OCc1cccc(-c2c(CN3CCC(O)CC3)[nH]c3ncccc23)c1. The van der Waals surface area contributed by atoms with Gasteiger partial charge in [-0.05, 0) is 42.2 Å². The average Bonchev–Trinajstić information content (AvgIpc) is 3.01. The van der Waals surface area contributed by atoms with Gasteiger partial charge in [-0.25, -0.2) is 4.98 Å². The first-order chi connectivity index (χ1) is 12.2. The lowest BCUT2D eigenvalue weighted by molar-refractivity contribution is 0.0788. The Morgan fingerprint density at radius 3 is 2.80 bits per heavy atom. The summed E-state index contributed by atoms with van der Waals surface area (Å²) in [5, 5.41) is 20.3. The highest BCUT2D eigenvalue weighted by Crippen LogP contribution is 2.33. The van der Waals surface area contributed by atoms with Gasteiger partial charge in [-0.3, -0.25) is 4.90 Å². The van der Waals surface area contributed by atoms with Crippen LogP contribution in [0.2, 0.25) is 0 Å². The fourth-order valence-electron chi connectivity index (χ4n) is 3.65. The van der Waals surface area contributed by atoms with Gasteiger partial charge in [0.25, 0.3) is 0 Å². The Bertz CT molecular complexity index is 866. The molecular weight excluding hydrogens is 314 g/mol. The minimum atomic E-state index is -0.165. The quantitative estimate of drug-likeness (QED) is 0.684. The van der Waals surface area contributed by atoms with Crippen LogP contribution in [0.1, 0.15) is 24.1 Å². The Kier molecular flexibility index (Phi) is 4.53. The fourth-order valence-corrected chi connectivity index (χ4v) is 3.65. The van der Waals surface area contributed by atoms with Crippen LogP contribution in [0.25, 0.3) is 22.2 Å². The molecule has 0 spiro atoms. The maximum atomic E-state index is 9.73. The van der Waals surface area contributed by atoms with Gasteiger partial charge in [0.2, 0.25) is 0 Å². The van der Waals surface area contributed by atoms with Gasteiger partial charge in [-0.2, -0.15) is 0 Å². The number of benzene rings is 1. The van der Waals surface area contributed by atoms with E-state index in [1.807, 2.05) is 24.3 Å². The summed E-state index contributed by atoms with van der Waals surface area (Å²) in [5.74, 6) is 0. The molecule has 3 heterocycles. The first-order valence-corrected chi connectivity index (χ1v) is 8.81. The number of rotatable bonds is 4. The number of nitrogens with zero attached hydrogens (tertiary/aromatic N) is 2. The van der Waals surface area contributed by atoms with Crippen molar-refractivity contribution >= 4 is 11.0 Å². The molecule has 1 aliphatic heterocycles. The predicted molar refractivity (Wildman–Crippen MR) is 98.0 cm³/mol. The van der Waals surface area contributed by atoms with E-state index in [1.165, 1.54) is 0 Å². The number of aromatic nitrogens is 2. The molecule has 0 radical (unpaired) electrons. The fraction of sp³-hybridized carbons (Fsp3) is 0.350. The highest BCUT2D eigenvalue weighted by molar-refractivity contribution is 5.95. The van der Waals surface area contributed by atoms with Gasteiger partial charge in [0.05, 0.1) is 12.7 Å². The van der Waals surface area contributed by atoms with E-state index >= 15 is 0 Å². The van der Waals surface area contributed by atoms with Crippen molar-refractivity contribution in [1.82, 2.24) is 14.9 Å². The zero-order valence-electron chi connectivity index (χ0n) is 14.2. The zero-order valence-corrected chi connectivity index (χ0v) is 14.2. The molecule has 1 fully saturated rings. The Hall–Kier alpha value is -2.21. The van der Waals surface area contributed by atoms with E-state index in [0.717, 1.165) is 65.9 Å². The maximum Gasteiger partial charge on any atom is 0.138 e. The number of nitrogens with one attached hydrogen (secondary N) is 1. The highest BCUT2D eigenvalue weighted by Gasteiger charge is 2.21. The van der Waals surface area contributed by atoms with E-state index in [-0.39, 0.29) is 12.7 Å². The third kappa shape index (κ3) is 3.31. The molecule has 4 rings (SSSR count). The summed E-state index contributed by atoms with van der Waals surface area (Å²) in [6.07, 6.45) is 3.29.